The first-order valence-electron chi connectivity index (χ1n) is 20.4. The Labute approximate surface area is 334 Å². The fourth-order valence-corrected chi connectivity index (χ4v) is 10.3. The van der Waals surface area contributed by atoms with E-state index >= 15 is 0 Å². The molecule has 2 saturated carbocycles. The van der Waals surface area contributed by atoms with Crippen LogP contribution in [0.15, 0.2) is 144 Å². The van der Waals surface area contributed by atoms with Crippen LogP contribution in [-0.4, -0.2) is 15.0 Å². The molecule has 5 nitrogen and oxygen atoms in total. The van der Waals surface area contributed by atoms with Gasteiger partial charge in [-0.15, -0.1) is 0 Å². The standard InChI is InChI=1S/C52H44N4O/c1-3-34-28-35-27-33(2)29-52(30-34,31-35)43-24-21-41(22-25-43)51-55-49(39-17-13-37(14-18-39)36-9-5-4-6-10-36)54-50(56-51)40-19-15-38(16-20-40)44-26-23-42(32-53)48-47(44)45-11-7-8-12-46(45)57-48/h4-26,33-35H,3,27-31H2,1-2H3/t33-,34+,35-,52?/m0/s1. The van der Waals surface area contributed by atoms with Crippen molar-refractivity contribution in [1.29, 1.82) is 5.26 Å². The van der Waals surface area contributed by atoms with E-state index in [1.54, 1.807) is 0 Å². The van der Waals surface area contributed by atoms with Crippen molar-refractivity contribution in [1.82, 2.24) is 15.0 Å². The van der Waals surface area contributed by atoms with E-state index in [4.69, 9.17) is 19.4 Å². The summed E-state index contributed by atoms with van der Waals surface area (Å²) in [6, 6.07) is 50.6. The van der Waals surface area contributed by atoms with Crippen molar-refractivity contribution < 1.29 is 4.42 Å². The molecule has 0 saturated heterocycles. The molecule has 6 aromatic carbocycles. The van der Waals surface area contributed by atoms with Crippen LogP contribution in [0.25, 0.3) is 78.4 Å². The number of rotatable bonds is 7. The normalized spacial score (nSPS) is 20.4. The van der Waals surface area contributed by atoms with E-state index in [0.717, 1.165) is 67.5 Å². The summed E-state index contributed by atoms with van der Waals surface area (Å²) in [6.45, 7) is 4.83. The van der Waals surface area contributed by atoms with Crippen molar-refractivity contribution >= 4 is 21.9 Å². The van der Waals surface area contributed by atoms with Crippen molar-refractivity contribution in [2.45, 2.75) is 57.8 Å². The first kappa shape index (κ1) is 35.1. The molecule has 57 heavy (non-hydrogen) atoms. The Kier molecular flexibility index (Phi) is 8.79. The largest absolute Gasteiger partial charge is 0.455 e. The average molecular weight is 741 g/mol. The Morgan fingerprint density at radius 2 is 1.19 bits per heavy atom. The fourth-order valence-electron chi connectivity index (χ4n) is 10.3. The molecular formula is C52H44N4O. The molecule has 5 heteroatoms. The van der Waals surface area contributed by atoms with E-state index in [1.807, 2.05) is 36.4 Å². The topological polar surface area (TPSA) is 75.6 Å². The highest BCUT2D eigenvalue weighted by atomic mass is 16.3. The fraction of sp³-hybridized carbons (Fsp3) is 0.231. The van der Waals surface area contributed by atoms with Gasteiger partial charge >= 0.3 is 0 Å². The molecular weight excluding hydrogens is 697 g/mol. The molecule has 2 fully saturated rings. The van der Waals surface area contributed by atoms with Gasteiger partial charge in [0.2, 0.25) is 0 Å². The SMILES string of the molecule is CC[C@@H]1C[C@@H]2C[C@H](C)CC(c3ccc(-c4nc(-c5ccc(-c6ccccc6)cc5)nc(-c5ccc(-c6ccc(C#N)c7oc8ccccc8c67)cc5)n4)cc3)(C1)C2. The summed E-state index contributed by atoms with van der Waals surface area (Å²) in [5.41, 5.74) is 10.8. The van der Waals surface area contributed by atoms with Crippen LogP contribution >= 0.6 is 0 Å². The molecule has 1 unspecified atom stereocenters. The van der Waals surface area contributed by atoms with Crippen LogP contribution in [0.3, 0.4) is 0 Å². The van der Waals surface area contributed by atoms with Crippen molar-refractivity contribution in [2.24, 2.45) is 17.8 Å². The number of nitriles is 1. The van der Waals surface area contributed by atoms with Crippen LogP contribution < -0.4 is 0 Å². The van der Waals surface area contributed by atoms with Crippen molar-refractivity contribution in [3.63, 3.8) is 0 Å². The Bertz CT molecular complexity index is 2780. The lowest BCUT2D eigenvalue weighted by molar-refractivity contribution is 0.0702. The van der Waals surface area contributed by atoms with Crippen molar-refractivity contribution in [2.75, 3.05) is 0 Å². The van der Waals surface area contributed by atoms with E-state index in [0.29, 0.717) is 28.6 Å². The van der Waals surface area contributed by atoms with Crippen LogP contribution in [0.1, 0.15) is 63.5 Å². The first-order valence-corrected chi connectivity index (χ1v) is 20.4. The number of hydrogen-bond acceptors (Lipinski definition) is 5. The van der Waals surface area contributed by atoms with Crippen LogP contribution in [0, 0.1) is 29.1 Å². The summed E-state index contributed by atoms with van der Waals surface area (Å²) in [6.07, 6.45) is 7.92. The van der Waals surface area contributed by atoms with Gasteiger partial charge < -0.3 is 4.42 Å². The van der Waals surface area contributed by atoms with Gasteiger partial charge in [0.05, 0.1) is 5.56 Å². The molecule has 2 heterocycles. The molecule has 0 radical (unpaired) electrons. The zero-order valence-corrected chi connectivity index (χ0v) is 32.5. The van der Waals surface area contributed by atoms with E-state index in [9.17, 15) is 5.26 Å². The summed E-state index contributed by atoms with van der Waals surface area (Å²) >= 11 is 0. The first-order chi connectivity index (χ1) is 28.0. The number of para-hydroxylation sites is 1. The number of aromatic nitrogens is 3. The number of hydrogen-bond donors (Lipinski definition) is 0. The molecule has 2 aliphatic carbocycles. The Hall–Kier alpha value is -6.38. The van der Waals surface area contributed by atoms with Crippen molar-refractivity contribution in [3.05, 3.63) is 151 Å². The van der Waals surface area contributed by atoms with Gasteiger partial charge in [0, 0.05) is 27.5 Å². The molecule has 2 bridgehead atoms. The lowest BCUT2D eigenvalue weighted by Gasteiger charge is -2.51. The number of benzene rings is 6. The summed E-state index contributed by atoms with van der Waals surface area (Å²) in [5.74, 6) is 4.34. The van der Waals surface area contributed by atoms with Gasteiger partial charge in [0.15, 0.2) is 23.1 Å². The van der Waals surface area contributed by atoms with Crippen LogP contribution in [0.2, 0.25) is 0 Å². The highest BCUT2D eigenvalue weighted by molar-refractivity contribution is 6.13. The van der Waals surface area contributed by atoms with Gasteiger partial charge in [-0.3, -0.25) is 0 Å². The molecule has 2 aliphatic rings. The maximum Gasteiger partial charge on any atom is 0.164 e. The summed E-state index contributed by atoms with van der Waals surface area (Å²) < 4.78 is 6.20. The second-order valence-corrected chi connectivity index (χ2v) is 16.6. The summed E-state index contributed by atoms with van der Waals surface area (Å²) in [4.78, 5) is 15.4. The third kappa shape index (κ3) is 6.40. The highest BCUT2D eigenvalue weighted by Crippen LogP contribution is 2.55. The molecule has 278 valence electrons. The second-order valence-electron chi connectivity index (χ2n) is 16.6. The average Bonchev–Trinajstić information content (AvgIpc) is 3.66. The molecule has 0 amide bonds. The third-order valence-corrected chi connectivity index (χ3v) is 12.8. The van der Waals surface area contributed by atoms with E-state index < -0.39 is 0 Å². The summed E-state index contributed by atoms with van der Waals surface area (Å²) in [7, 11) is 0. The molecule has 2 aromatic heterocycles. The number of nitrogens with zero attached hydrogens (tertiary/aromatic N) is 4. The molecule has 4 atom stereocenters. The smallest absolute Gasteiger partial charge is 0.164 e. The van der Waals surface area contributed by atoms with Crippen LogP contribution in [0.4, 0.5) is 0 Å². The quantitative estimate of drug-likeness (QED) is 0.163. The minimum atomic E-state index is 0.265. The predicted molar refractivity (Wildman–Crippen MR) is 230 cm³/mol. The molecule has 0 N–H and O–H groups in total. The number of fused-ring (bicyclic) bond motifs is 5. The predicted octanol–water partition coefficient (Wildman–Crippen LogP) is 13.5. The minimum Gasteiger partial charge on any atom is -0.455 e. The zero-order chi connectivity index (χ0) is 38.5. The monoisotopic (exact) mass is 740 g/mol. The Morgan fingerprint density at radius 3 is 1.84 bits per heavy atom. The number of furan rings is 1. The van der Waals surface area contributed by atoms with Gasteiger partial charge in [0.25, 0.3) is 0 Å². The minimum absolute atomic E-state index is 0.265. The Balaban J connectivity index is 1.04. The lowest BCUT2D eigenvalue weighted by Crippen LogP contribution is -2.42. The van der Waals surface area contributed by atoms with Crippen molar-refractivity contribution in [3.8, 4) is 62.5 Å². The second kappa shape index (κ2) is 14.3. The zero-order valence-electron chi connectivity index (χ0n) is 32.5. The molecule has 10 rings (SSSR count). The van der Waals surface area contributed by atoms with E-state index in [-0.39, 0.29) is 5.41 Å². The van der Waals surface area contributed by atoms with Crippen LogP contribution in [-0.2, 0) is 5.41 Å². The maximum atomic E-state index is 9.87. The van der Waals surface area contributed by atoms with Gasteiger partial charge in [0.1, 0.15) is 11.7 Å². The highest BCUT2D eigenvalue weighted by Gasteiger charge is 2.45. The van der Waals surface area contributed by atoms with Crippen LogP contribution in [0.5, 0.6) is 0 Å². The van der Waals surface area contributed by atoms with Gasteiger partial charge in [-0.2, -0.15) is 5.26 Å². The van der Waals surface area contributed by atoms with E-state index in [2.05, 4.69) is 123 Å². The van der Waals surface area contributed by atoms with E-state index in [1.165, 1.54) is 49.7 Å². The lowest BCUT2D eigenvalue weighted by atomic mass is 9.54. The third-order valence-electron chi connectivity index (χ3n) is 12.8. The van der Waals surface area contributed by atoms with Gasteiger partial charge in [-0.25, -0.2) is 15.0 Å². The van der Waals surface area contributed by atoms with Gasteiger partial charge in [-0.1, -0.05) is 148 Å². The van der Waals surface area contributed by atoms with Gasteiger partial charge in [-0.05, 0) is 95.2 Å². The molecule has 0 spiro atoms. The Morgan fingerprint density at radius 1 is 0.614 bits per heavy atom. The summed E-state index contributed by atoms with van der Waals surface area (Å²) in [5, 5.41) is 11.8. The maximum absolute atomic E-state index is 9.87. The molecule has 0 aliphatic heterocycles. The molecule has 8 aromatic rings.